The molecule has 0 saturated heterocycles. The van der Waals surface area contributed by atoms with Gasteiger partial charge in [0.05, 0.1) is 0 Å². The molecule has 1 amide bonds. The Balaban J connectivity index is 2.38. The molecule has 0 aromatic heterocycles. The third kappa shape index (κ3) is 5.08. The Labute approximate surface area is 108 Å². The lowest BCUT2D eigenvalue weighted by Crippen LogP contribution is -2.33. The molecular formula is C14H21NO3. The molecule has 0 spiro atoms. The summed E-state index contributed by atoms with van der Waals surface area (Å²) in [5.41, 5.74) is 1.35. The van der Waals surface area contributed by atoms with Crippen molar-refractivity contribution in [1.29, 1.82) is 0 Å². The average molecular weight is 251 g/mol. The quantitative estimate of drug-likeness (QED) is 0.868. The molecule has 2 N–H and O–H groups in total. The molecule has 1 aromatic carbocycles. The zero-order valence-corrected chi connectivity index (χ0v) is 11.4. The molecular weight excluding hydrogens is 230 g/mol. The molecule has 18 heavy (non-hydrogen) atoms. The van der Waals surface area contributed by atoms with Crippen molar-refractivity contribution >= 4 is 6.09 Å². The van der Waals surface area contributed by atoms with Crippen LogP contribution in [0.25, 0.3) is 0 Å². The number of hydrogen-bond acceptors (Lipinski definition) is 3. The molecule has 4 nitrogen and oxygen atoms in total. The maximum Gasteiger partial charge on any atom is 0.407 e. The smallest absolute Gasteiger partial charge is 0.407 e. The monoisotopic (exact) mass is 251 g/mol. The molecule has 1 rings (SSSR count). The van der Waals surface area contributed by atoms with Gasteiger partial charge in [-0.2, -0.15) is 0 Å². The standard InChI is InChI=1S/C14H21NO3/c1-10-5-6-11(9-12(10)16)7-8-15-13(17)18-14(2,3)4/h5-6,9,16H,7-8H2,1-4H3,(H,15,17). The van der Waals surface area contributed by atoms with E-state index in [0.717, 1.165) is 11.1 Å². The summed E-state index contributed by atoms with van der Waals surface area (Å²) in [5.74, 6) is 0.282. The van der Waals surface area contributed by atoms with Crippen LogP contribution in [0.4, 0.5) is 4.79 Å². The highest BCUT2D eigenvalue weighted by Gasteiger charge is 2.15. The van der Waals surface area contributed by atoms with Gasteiger partial charge in [0.1, 0.15) is 11.4 Å². The molecule has 0 unspecified atom stereocenters. The van der Waals surface area contributed by atoms with Gasteiger partial charge in [-0.3, -0.25) is 0 Å². The van der Waals surface area contributed by atoms with Crippen molar-refractivity contribution in [1.82, 2.24) is 5.32 Å². The Hall–Kier alpha value is -1.71. The Kier molecular flexibility index (Phi) is 4.59. The second-order valence-electron chi connectivity index (χ2n) is 5.30. The lowest BCUT2D eigenvalue weighted by Gasteiger charge is -2.19. The van der Waals surface area contributed by atoms with E-state index in [1.165, 1.54) is 0 Å². The van der Waals surface area contributed by atoms with Crippen molar-refractivity contribution in [2.24, 2.45) is 0 Å². The molecule has 0 aliphatic rings. The minimum absolute atomic E-state index is 0.282. The van der Waals surface area contributed by atoms with Gasteiger partial charge in [-0.15, -0.1) is 0 Å². The molecule has 0 fully saturated rings. The summed E-state index contributed by atoms with van der Waals surface area (Å²) in [6, 6.07) is 5.51. The largest absolute Gasteiger partial charge is 0.508 e. The summed E-state index contributed by atoms with van der Waals surface area (Å²) in [6.07, 6.45) is 0.242. The highest BCUT2D eigenvalue weighted by Crippen LogP contribution is 2.17. The minimum atomic E-state index is -0.480. The van der Waals surface area contributed by atoms with Gasteiger partial charge in [-0.1, -0.05) is 12.1 Å². The van der Waals surface area contributed by atoms with Gasteiger partial charge in [0.15, 0.2) is 0 Å². The molecule has 0 radical (unpaired) electrons. The van der Waals surface area contributed by atoms with E-state index in [1.807, 2.05) is 39.8 Å². The van der Waals surface area contributed by atoms with Crippen molar-refractivity contribution in [2.45, 2.75) is 39.7 Å². The van der Waals surface area contributed by atoms with E-state index in [1.54, 1.807) is 6.07 Å². The summed E-state index contributed by atoms with van der Waals surface area (Å²) in [5, 5.41) is 12.2. The number of carbonyl (C=O) groups is 1. The maximum atomic E-state index is 11.4. The van der Waals surface area contributed by atoms with Crippen LogP contribution < -0.4 is 5.32 Å². The van der Waals surface area contributed by atoms with E-state index >= 15 is 0 Å². The number of phenolic OH excluding ortho intramolecular Hbond substituents is 1. The van der Waals surface area contributed by atoms with Crippen molar-refractivity contribution in [3.63, 3.8) is 0 Å². The number of benzene rings is 1. The second kappa shape index (κ2) is 5.76. The number of alkyl carbamates (subject to hydrolysis) is 1. The fourth-order valence-corrected chi connectivity index (χ4v) is 1.43. The van der Waals surface area contributed by atoms with Crippen LogP contribution in [-0.4, -0.2) is 23.3 Å². The first-order valence-corrected chi connectivity index (χ1v) is 6.03. The number of aryl methyl sites for hydroxylation is 1. The summed E-state index contributed by atoms with van der Waals surface area (Å²) < 4.78 is 5.12. The van der Waals surface area contributed by atoms with Crippen LogP contribution in [0.5, 0.6) is 5.75 Å². The number of rotatable bonds is 3. The van der Waals surface area contributed by atoms with Crippen molar-refractivity contribution in [2.75, 3.05) is 6.54 Å². The van der Waals surface area contributed by atoms with Crippen LogP contribution in [0.2, 0.25) is 0 Å². The number of ether oxygens (including phenoxy) is 1. The number of hydrogen-bond donors (Lipinski definition) is 2. The van der Waals surface area contributed by atoms with Crippen LogP contribution in [0.3, 0.4) is 0 Å². The van der Waals surface area contributed by atoms with Gasteiger partial charge in [0, 0.05) is 6.54 Å². The molecule has 0 heterocycles. The van der Waals surface area contributed by atoms with Crippen molar-refractivity contribution in [3.05, 3.63) is 29.3 Å². The van der Waals surface area contributed by atoms with Gasteiger partial charge < -0.3 is 15.2 Å². The molecule has 0 atom stereocenters. The zero-order valence-electron chi connectivity index (χ0n) is 11.4. The predicted octanol–water partition coefficient (Wildman–Crippen LogP) is 2.77. The van der Waals surface area contributed by atoms with E-state index in [4.69, 9.17) is 4.74 Å². The number of carbonyl (C=O) groups excluding carboxylic acids is 1. The Bertz CT molecular complexity index is 422. The minimum Gasteiger partial charge on any atom is -0.508 e. The molecule has 100 valence electrons. The van der Waals surface area contributed by atoms with Crippen LogP contribution in [0.1, 0.15) is 31.9 Å². The molecule has 0 aliphatic heterocycles. The highest BCUT2D eigenvalue weighted by molar-refractivity contribution is 5.67. The maximum absolute atomic E-state index is 11.4. The Morgan fingerprint density at radius 3 is 2.61 bits per heavy atom. The van der Waals surface area contributed by atoms with Crippen LogP contribution >= 0.6 is 0 Å². The van der Waals surface area contributed by atoms with E-state index in [0.29, 0.717) is 13.0 Å². The first-order valence-electron chi connectivity index (χ1n) is 6.03. The summed E-state index contributed by atoms with van der Waals surface area (Å²) in [4.78, 5) is 11.4. The van der Waals surface area contributed by atoms with Crippen LogP contribution in [-0.2, 0) is 11.2 Å². The third-order valence-electron chi connectivity index (χ3n) is 2.36. The van der Waals surface area contributed by atoms with E-state index in [2.05, 4.69) is 5.32 Å². The molecule has 1 aromatic rings. The topological polar surface area (TPSA) is 58.6 Å². The van der Waals surface area contributed by atoms with Gasteiger partial charge >= 0.3 is 6.09 Å². The first-order chi connectivity index (χ1) is 8.28. The summed E-state index contributed by atoms with van der Waals surface area (Å²) in [7, 11) is 0. The predicted molar refractivity (Wildman–Crippen MR) is 70.8 cm³/mol. The molecule has 4 heteroatoms. The van der Waals surface area contributed by atoms with Gasteiger partial charge in [-0.05, 0) is 51.3 Å². The Morgan fingerprint density at radius 1 is 1.39 bits per heavy atom. The molecule has 0 bridgehead atoms. The van der Waals surface area contributed by atoms with Gasteiger partial charge in [0.25, 0.3) is 0 Å². The Morgan fingerprint density at radius 2 is 2.06 bits per heavy atom. The van der Waals surface area contributed by atoms with E-state index in [-0.39, 0.29) is 5.75 Å². The van der Waals surface area contributed by atoms with Crippen LogP contribution in [0, 0.1) is 6.92 Å². The SMILES string of the molecule is Cc1ccc(CCNC(=O)OC(C)(C)C)cc1O. The summed E-state index contributed by atoms with van der Waals surface area (Å²) >= 11 is 0. The average Bonchev–Trinajstić information content (AvgIpc) is 2.20. The third-order valence-corrected chi connectivity index (χ3v) is 2.36. The first kappa shape index (κ1) is 14.4. The van der Waals surface area contributed by atoms with Crippen LogP contribution in [0.15, 0.2) is 18.2 Å². The fourth-order valence-electron chi connectivity index (χ4n) is 1.43. The number of nitrogens with one attached hydrogen (secondary N) is 1. The number of phenols is 1. The fraction of sp³-hybridized carbons (Fsp3) is 0.500. The van der Waals surface area contributed by atoms with Crippen molar-refractivity contribution < 1.29 is 14.6 Å². The molecule has 0 aliphatic carbocycles. The molecule has 0 saturated carbocycles. The lowest BCUT2D eigenvalue weighted by molar-refractivity contribution is 0.0528. The van der Waals surface area contributed by atoms with Gasteiger partial charge in [0.2, 0.25) is 0 Å². The number of amides is 1. The lowest BCUT2D eigenvalue weighted by atomic mass is 10.1. The number of aromatic hydroxyl groups is 1. The highest BCUT2D eigenvalue weighted by atomic mass is 16.6. The van der Waals surface area contributed by atoms with E-state index in [9.17, 15) is 9.90 Å². The van der Waals surface area contributed by atoms with E-state index < -0.39 is 11.7 Å². The summed E-state index contributed by atoms with van der Waals surface area (Å²) in [6.45, 7) is 7.80. The van der Waals surface area contributed by atoms with Crippen molar-refractivity contribution in [3.8, 4) is 5.75 Å². The normalized spacial score (nSPS) is 11.1. The zero-order chi connectivity index (χ0) is 13.8. The second-order valence-corrected chi connectivity index (χ2v) is 5.30. The van der Waals surface area contributed by atoms with Gasteiger partial charge in [-0.25, -0.2) is 4.79 Å².